The molecule has 1 heterocycles. The number of hydroxylamine groups is 1. The molecule has 1 aromatic heterocycles. The van der Waals surface area contributed by atoms with Crippen LogP contribution in [0.15, 0.2) is 53.7 Å². The number of hydrogen-bond acceptors (Lipinski definition) is 8. The van der Waals surface area contributed by atoms with E-state index >= 15 is 0 Å². The SMILES string of the molecule is CCOc1ccc(S(=O)(=O)[C@@](NCc2ccncc2)(C(=O)NO)[C@H]2CC[C@H](OC)CC2)cc1.Cl. The number of benzene rings is 1. The number of nitrogens with one attached hydrogen (secondary N) is 2. The third-order valence-corrected chi connectivity index (χ3v) is 8.60. The van der Waals surface area contributed by atoms with E-state index in [4.69, 9.17) is 9.47 Å². The molecule has 1 amide bonds. The van der Waals surface area contributed by atoms with Crippen molar-refractivity contribution in [3.05, 3.63) is 54.4 Å². The van der Waals surface area contributed by atoms with Crippen LogP contribution in [-0.2, 0) is 25.9 Å². The van der Waals surface area contributed by atoms with Gasteiger partial charge in [0.15, 0.2) is 0 Å². The molecule has 0 radical (unpaired) electrons. The summed E-state index contributed by atoms with van der Waals surface area (Å²) in [6.45, 7) is 2.37. The van der Waals surface area contributed by atoms with E-state index in [0.717, 1.165) is 5.56 Å². The molecule has 34 heavy (non-hydrogen) atoms. The second kappa shape index (κ2) is 12.5. The molecule has 1 aliphatic rings. The topological polar surface area (TPSA) is 127 Å². The maximum atomic E-state index is 14.1. The Bertz CT molecular complexity index is 1010. The third kappa shape index (κ3) is 5.69. The minimum absolute atomic E-state index is 0. The zero-order valence-corrected chi connectivity index (χ0v) is 20.9. The van der Waals surface area contributed by atoms with Gasteiger partial charge in [-0.15, -0.1) is 12.4 Å². The highest BCUT2D eigenvalue weighted by molar-refractivity contribution is 7.93. The van der Waals surface area contributed by atoms with E-state index in [2.05, 4.69) is 10.3 Å². The number of methoxy groups -OCH3 is 1. The lowest BCUT2D eigenvalue weighted by Gasteiger charge is -2.42. The van der Waals surface area contributed by atoms with Crippen LogP contribution in [0.1, 0.15) is 38.2 Å². The summed E-state index contributed by atoms with van der Waals surface area (Å²) in [5, 5.41) is 12.7. The van der Waals surface area contributed by atoms with Crippen molar-refractivity contribution in [2.24, 2.45) is 5.92 Å². The fraction of sp³-hybridized carbons (Fsp3) is 0.478. The lowest BCUT2D eigenvalue weighted by Crippen LogP contribution is -2.66. The van der Waals surface area contributed by atoms with Gasteiger partial charge in [0.1, 0.15) is 5.75 Å². The van der Waals surface area contributed by atoms with Crippen LogP contribution < -0.4 is 15.5 Å². The van der Waals surface area contributed by atoms with Crippen molar-refractivity contribution in [1.82, 2.24) is 15.8 Å². The summed E-state index contributed by atoms with van der Waals surface area (Å²) < 4.78 is 39.0. The molecule has 0 aliphatic heterocycles. The molecular weight excluding hydrogens is 482 g/mol. The van der Waals surface area contributed by atoms with Crippen molar-refractivity contribution < 1.29 is 27.9 Å². The summed E-state index contributed by atoms with van der Waals surface area (Å²) in [7, 11) is -2.67. The van der Waals surface area contributed by atoms with Crippen molar-refractivity contribution in [2.75, 3.05) is 13.7 Å². The Balaban J connectivity index is 0.00000408. The molecule has 1 aliphatic carbocycles. The maximum absolute atomic E-state index is 14.1. The standard InChI is InChI=1S/C23H31N3O6S.ClH/c1-3-32-20-8-10-21(11-9-20)33(29,30)23(22(27)26-28,18-4-6-19(31-2)7-5-18)25-16-17-12-14-24-15-13-17;/h8-15,18-19,25,28H,3-7,16H2,1-2H3,(H,26,27);1H/t18-,19-,23-;/m1./s1. The molecule has 0 saturated heterocycles. The average molecular weight is 514 g/mol. The minimum Gasteiger partial charge on any atom is -0.494 e. The van der Waals surface area contributed by atoms with Crippen LogP contribution in [0.4, 0.5) is 0 Å². The minimum atomic E-state index is -4.29. The third-order valence-electron chi connectivity index (χ3n) is 6.19. The highest BCUT2D eigenvalue weighted by Crippen LogP contribution is 2.40. The van der Waals surface area contributed by atoms with Crippen molar-refractivity contribution >= 4 is 28.2 Å². The molecule has 2 aromatic rings. The molecule has 0 unspecified atom stereocenters. The second-order valence-electron chi connectivity index (χ2n) is 8.00. The molecule has 0 spiro atoms. The highest BCUT2D eigenvalue weighted by Gasteiger charge is 2.57. The number of rotatable bonds is 10. The van der Waals surface area contributed by atoms with Crippen LogP contribution in [-0.4, -0.2) is 49.2 Å². The number of carbonyl (C=O) groups excluding carboxylic acids is 1. The summed E-state index contributed by atoms with van der Waals surface area (Å²) in [6.07, 6.45) is 5.28. The van der Waals surface area contributed by atoms with Gasteiger partial charge in [-0.05, 0) is 74.6 Å². The first-order chi connectivity index (χ1) is 15.9. The Morgan fingerprint density at radius 1 is 1.12 bits per heavy atom. The van der Waals surface area contributed by atoms with E-state index in [1.807, 2.05) is 6.92 Å². The van der Waals surface area contributed by atoms with Crippen LogP contribution in [0.25, 0.3) is 0 Å². The predicted molar refractivity (Wildman–Crippen MR) is 129 cm³/mol. The highest BCUT2D eigenvalue weighted by atomic mass is 35.5. The number of hydrogen-bond donors (Lipinski definition) is 3. The van der Waals surface area contributed by atoms with Crippen molar-refractivity contribution in [2.45, 2.75) is 55.0 Å². The molecule has 1 atom stereocenters. The van der Waals surface area contributed by atoms with Crippen LogP contribution >= 0.6 is 12.4 Å². The average Bonchev–Trinajstić information content (AvgIpc) is 2.85. The summed E-state index contributed by atoms with van der Waals surface area (Å²) in [6, 6.07) is 9.44. The largest absolute Gasteiger partial charge is 0.494 e. The molecule has 3 N–H and O–H groups in total. The van der Waals surface area contributed by atoms with Crippen LogP contribution in [0, 0.1) is 5.92 Å². The van der Waals surface area contributed by atoms with Gasteiger partial charge in [-0.1, -0.05) is 0 Å². The Hall–Kier alpha value is -2.24. The smallest absolute Gasteiger partial charge is 0.280 e. The van der Waals surface area contributed by atoms with Gasteiger partial charge in [-0.25, -0.2) is 13.9 Å². The number of carbonyl (C=O) groups is 1. The Labute approximate surface area is 206 Å². The van der Waals surface area contributed by atoms with Crippen molar-refractivity contribution in [3.8, 4) is 5.75 Å². The van der Waals surface area contributed by atoms with E-state index in [9.17, 15) is 18.4 Å². The van der Waals surface area contributed by atoms with Crippen molar-refractivity contribution in [1.29, 1.82) is 0 Å². The van der Waals surface area contributed by atoms with Gasteiger partial charge in [0, 0.05) is 32.0 Å². The van der Waals surface area contributed by atoms with Crippen LogP contribution in [0.5, 0.6) is 5.75 Å². The lowest BCUT2D eigenvalue weighted by atomic mass is 9.81. The number of amides is 1. The normalized spacial score (nSPS) is 20.0. The number of ether oxygens (including phenoxy) is 2. The van der Waals surface area contributed by atoms with Crippen LogP contribution in [0.2, 0.25) is 0 Å². The van der Waals surface area contributed by atoms with Gasteiger partial charge >= 0.3 is 0 Å². The predicted octanol–water partition coefficient (Wildman–Crippen LogP) is 2.87. The number of sulfone groups is 1. The van der Waals surface area contributed by atoms with Gasteiger partial charge in [-0.2, -0.15) is 0 Å². The molecule has 188 valence electrons. The van der Waals surface area contributed by atoms with E-state index in [0.29, 0.717) is 38.0 Å². The number of pyridine rings is 1. The van der Waals surface area contributed by atoms with E-state index < -0.39 is 26.5 Å². The van der Waals surface area contributed by atoms with Gasteiger partial charge in [0.25, 0.3) is 5.91 Å². The molecule has 11 heteroatoms. The Morgan fingerprint density at radius 2 is 1.74 bits per heavy atom. The Kier molecular flexibility index (Phi) is 10.3. The molecule has 3 rings (SSSR count). The first-order valence-corrected chi connectivity index (χ1v) is 12.5. The van der Waals surface area contributed by atoms with E-state index in [-0.39, 0.29) is 30.0 Å². The monoisotopic (exact) mass is 513 g/mol. The van der Waals surface area contributed by atoms with Gasteiger partial charge in [-0.3, -0.25) is 20.3 Å². The first-order valence-electron chi connectivity index (χ1n) is 11.0. The molecular formula is C23H32ClN3O6S. The van der Waals surface area contributed by atoms with Crippen molar-refractivity contribution in [3.63, 3.8) is 0 Å². The van der Waals surface area contributed by atoms with Gasteiger partial charge in [0.05, 0.1) is 17.6 Å². The first kappa shape index (κ1) is 28.0. The molecule has 1 fully saturated rings. The summed E-state index contributed by atoms with van der Waals surface area (Å²) in [5.74, 6) is -1.07. The van der Waals surface area contributed by atoms with E-state index in [1.165, 1.54) is 12.1 Å². The molecule has 0 bridgehead atoms. The number of nitrogens with zero attached hydrogens (tertiary/aromatic N) is 1. The van der Waals surface area contributed by atoms with Gasteiger partial charge in [0.2, 0.25) is 14.7 Å². The fourth-order valence-electron chi connectivity index (χ4n) is 4.44. The second-order valence-corrected chi connectivity index (χ2v) is 10.1. The summed E-state index contributed by atoms with van der Waals surface area (Å²) in [4.78, 5) is 15.1. The summed E-state index contributed by atoms with van der Waals surface area (Å²) in [5.41, 5.74) is 2.38. The zero-order valence-electron chi connectivity index (χ0n) is 19.3. The lowest BCUT2D eigenvalue weighted by molar-refractivity contribution is -0.135. The molecule has 1 saturated carbocycles. The zero-order chi connectivity index (χ0) is 23.9. The Morgan fingerprint density at radius 3 is 2.26 bits per heavy atom. The quantitative estimate of drug-likeness (QED) is 0.327. The molecule has 9 nitrogen and oxygen atoms in total. The van der Waals surface area contributed by atoms with E-state index in [1.54, 1.807) is 49.2 Å². The number of aromatic nitrogens is 1. The maximum Gasteiger partial charge on any atom is 0.280 e. The summed E-state index contributed by atoms with van der Waals surface area (Å²) >= 11 is 0. The van der Waals surface area contributed by atoms with Gasteiger partial charge < -0.3 is 9.47 Å². The fourth-order valence-corrected chi connectivity index (χ4v) is 6.53. The number of halogens is 1. The molecule has 1 aromatic carbocycles. The van der Waals surface area contributed by atoms with Crippen LogP contribution in [0.3, 0.4) is 0 Å².